The molecule has 0 atom stereocenters. The number of furan rings is 1. The summed E-state index contributed by atoms with van der Waals surface area (Å²) in [6, 6.07) is 8.01. The number of thiophene rings is 1. The fourth-order valence-electron chi connectivity index (χ4n) is 1.95. The van der Waals surface area contributed by atoms with E-state index in [0.717, 1.165) is 24.4 Å². The highest BCUT2D eigenvalue weighted by atomic mass is 32.1. The minimum atomic E-state index is 0.172. The SMILES string of the molecule is Cc1ccc(CN(C)C(=O)CCCc2cccs2)o1. The molecule has 0 aliphatic rings. The molecule has 0 saturated carbocycles. The van der Waals surface area contributed by atoms with Crippen molar-refractivity contribution >= 4 is 17.2 Å². The molecular weight excluding hydrogens is 258 g/mol. The lowest BCUT2D eigenvalue weighted by Crippen LogP contribution is -2.25. The monoisotopic (exact) mass is 277 g/mol. The average Bonchev–Trinajstić information content (AvgIpc) is 3.01. The molecule has 0 saturated heterocycles. The van der Waals surface area contributed by atoms with E-state index in [1.54, 1.807) is 16.2 Å². The predicted molar refractivity (Wildman–Crippen MR) is 77.2 cm³/mol. The van der Waals surface area contributed by atoms with Crippen molar-refractivity contribution in [3.05, 3.63) is 46.0 Å². The first-order chi connectivity index (χ1) is 9.15. The van der Waals surface area contributed by atoms with E-state index in [2.05, 4.69) is 11.4 Å². The van der Waals surface area contributed by atoms with Gasteiger partial charge in [-0.25, -0.2) is 0 Å². The van der Waals surface area contributed by atoms with Gasteiger partial charge in [0.05, 0.1) is 6.54 Å². The highest BCUT2D eigenvalue weighted by Gasteiger charge is 2.11. The van der Waals surface area contributed by atoms with Crippen molar-refractivity contribution in [3.8, 4) is 0 Å². The van der Waals surface area contributed by atoms with E-state index in [-0.39, 0.29) is 5.91 Å². The lowest BCUT2D eigenvalue weighted by Gasteiger charge is -2.15. The first kappa shape index (κ1) is 13.9. The fourth-order valence-corrected chi connectivity index (χ4v) is 2.70. The largest absolute Gasteiger partial charge is 0.464 e. The van der Waals surface area contributed by atoms with Gasteiger partial charge < -0.3 is 9.32 Å². The second-order valence-corrected chi connectivity index (χ2v) is 5.73. The number of hydrogen-bond donors (Lipinski definition) is 0. The zero-order valence-electron chi connectivity index (χ0n) is 11.4. The summed E-state index contributed by atoms with van der Waals surface area (Å²) in [6.07, 6.45) is 2.48. The van der Waals surface area contributed by atoms with E-state index < -0.39 is 0 Å². The summed E-state index contributed by atoms with van der Waals surface area (Å²) >= 11 is 1.75. The summed E-state index contributed by atoms with van der Waals surface area (Å²) in [5.74, 6) is 1.89. The Hall–Kier alpha value is -1.55. The van der Waals surface area contributed by atoms with Gasteiger partial charge in [0.2, 0.25) is 5.91 Å². The maximum Gasteiger partial charge on any atom is 0.222 e. The Morgan fingerprint density at radius 1 is 1.37 bits per heavy atom. The van der Waals surface area contributed by atoms with Crippen LogP contribution >= 0.6 is 11.3 Å². The molecule has 0 fully saturated rings. The summed E-state index contributed by atoms with van der Waals surface area (Å²) in [5, 5.41) is 2.07. The van der Waals surface area contributed by atoms with Crippen molar-refractivity contribution in [1.29, 1.82) is 0 Å². The van der Waals surface area contributed by atoms with Gasteiger partial charge in [0.1, 0.15) is 11.5 Å². The number of carbonyl (C=O) groups is 1. The second-order valence-electron chi connectivity index (χ2n) is 4.70. The number of aryl methyl sites for hydroxylation is 2. The van der Waals surface area contributed by atoms with Crippen LogP contribution in [-0.2, 0) is 17.8 Å². The molecule has 2 rings (SSSR count). The van der Waals surface area contributed by atoms with Crippen LogP contribution in [0, 0.1) is 6.92 Å². The molecule has 0 aromatic carbocycles. The standard InChI is InChI=1S/C15H19NO2S/c1-12-8-9-13(18-12)11-16(2)15(17)7-3-5-14-6-4-10-19-14/h4,6,8-10H,3,5,7,11H2,1-2H3. The van der Waals surface area contributed by atoms with Crippen LogP contribution in [0.5, 0.6) is 0 Å². The van der Waals surface area contributed by atoms with E-state index in [9.17, 15) is 4.79 Å². The Kier molecular flexibility index (Phi) is 4.80. The molecule has 0 spiro atoms. The minimum absolute atomic E-state index is 0.172. The van der Waals surface area contributed by atoms with Gasteiger partial charge in [0.15, 0.2) is 0 Å². The molecule has 3 nitrogen and oxygen atoms in total. The van der Waals surface area contributed by atoms with Crippen LogP contribution < -0.4 is 0 Å². The number of rotatable bonds is 6. The van der Waals surface area contributed by atoms with Gasteiger partial charge in [0.25, 0.3) is 0 Å². The van der Waals surface area contributed by atoms with Crippen molar-refractivity contribution in [3.63, 3.8) is 0 Å². The highest BCUT2D eigenvalue weighted by Crippen LogP contribution is 2.13. The number of hydrogen-bond acceptors (Lipinski definition) is 3. The minimum Gasteiger partial charge on any atom is -0.464 e. The molecule has 2 aromatic rings. The molecule has 2 aromatic heterocycles. The topological polar surface area (TPSA) is 33.5 Å². The van der Waals surface area contributed by atoms with Crippen LogP contribution in [-0.4, -0.2) is 17.9 Å². The summed E-state index contributed by atoms with van der Waals surface area (Å²) in [7, 11) is 1.82. The third kappa shape index (κ3) is 4.24. The number of nitrogens with zero attached hydrogens (tertiary/aromatic N) is 1. The summed E-state index contributed by atoms with van der Waals surface area (Å²) < 4.78 is 5.48. The van der Waals surface area contributed by atoms with Gasteiger partial charge in [-0.3, -0.25) is 4.79 Å². The van der Waals surface area contributed by atoms with E-state index >= 15 is 0 Å². The van der Waals surface area contributed by atoms with Crippen LogP contribution in [0.3, 0.4) is 0 Å². The average molecular weight is 277 g/mol. The Labute approximate surface area is 117 Å². The smallest absolute Gasteiger partial charge is 0.222 e. The molecule has 0 radical (unpaired) electrons. The summed E-state index contributed by atoms with van der Waals surface area (Å²) in [4.78, 5) is 15.0. The summed E-state index contributed by atoms with van der Waals surface area (Å²) in [5.41, 5.74) is 0. The van der Waals surface area contributed by atoms with Crippen molar-refractivity contribution in [2.45, 2.75) is 32.7 Å². The summed E-state index contributed by atoms with van der Waals surface area (Å²) in [6.45, 7) is 2.46. The number of carbonyl (C=O) groups excluding carboxylic acids is 1. The Morgan fingerprint density at radius 3 is 2.84 bits per heavy atom. The number of amides is 1. The van der Waals surface area contributed by atoms with E-state index in [1.807, 2.05) is 32.2 Å². The van der Waals surface area contributed by atoms with Crippen LogP contribution in [0.4, 0.5) is 0 Å². The van der Waals surface area contributed by atoms with E-state index in [4.69, 9.17) is 4.42 Å². The van der Waals surface area contributed by atoms with Gasteiger partial charge in [0, 0.05) is 18.3 Å². The molecular formula is C15H19NO2S. The lowest BCUT2D eigenvalue weighted by atomic mass is 10.2. The Balaban J connectivity index is 1.73. The van der Waals surface area contributed by atoms with Crippen molar-refractivity contribution in [2.75, 3.05) is 7.05 Å². The quantitative estimate of drug-likeness (QED) is 0.808. The predicted octanol–water partition coefficient (Wildman–Crippen LogP) is 3.63. The molecule has 0 unspecified atom stereocenters. The van der Waals surface area contributed by atoms with Crippen molar-refractivity contribution < 1.29 is 9.21 Å². The molecule has 4 heteroatoms. The lowest BCUT2D eigenvalue weighted by molar-refractivity contribution is -0.130. The molecule has 1 amide bonds. The van der Waals surface area contributed by atoms with Crippen LogP contribution in [0.15, 0.2) is 34.1 Å². The van der Waals surface area contributed by atoms with Crippen molar-refractivity contribution in [2.24, 2.45) is 0 Å². The maximum absolute atomic E-state index is 12.0. The maximum atomic E-state index is 12.0. The molecule has 0 bridgehead atoms. The van der Waals surface area contributed by atoms with Gasteiger partial charge in [-0.05, 0) is 43.3 Å². The molecule has 0 aliphatic heterocycles. The molecule has 102 valence electrons. The van der Waals surface area contributed by atoms with Gasteiger partial charge in [-0.1, -0.05) is 6.07 Å². The van der Waals surface area contributed by atoms with E-state index in [1.165, 1.54) is 4.88 Å². The zero-order chi connectivity index (χ0) is 13.7. The Bertz CT molecular complexity index is 516. The Morgan fingerprint density at radius 2 is 2.21 bits per heavy atom. The first-order valence-electron chi connectivity index (χ1n) is 6.47. The van der Waals surface area contributed by atoms with Gasteiger partial charge in [-0.2, -0.15) is 0 Å². The van der Waals surface area contributed by atoms with E-state index in [0.29, 0.717) is 13.0 Å². The fraction of sp³-hybridized carbons (Fsp3) is 0.400. The third-order valence-electron chi connectivity index (χ3n) is 3.01. The first-order valence-corrected chi connectivity index (χ1v) is 7.35. The van der Waals surface area contributed by atoms with Gasteiger partial charge >= 0.3 is 0 Å². The third-order valence-corrected chi connectivity index (χ3v) is 3.94. The molecule has 0 aliphatic carbocycles. The molecule has 2 heterocycles. The normalized spacial score (nSPS) is 10.6. The molecule has 19 heavy (non-hydrogen) atoms. The highest BCUT2D eigenvalue weighted by molar-refractivity contribution is 7.09. The van der Waals surface area contributed by atoms with Crippen LogP contribution in [0.2, 0.25) is 0 Å². The van der Waals surface area contributed by atoms with Crippen LogP contribution in [0.1, 0.15) is 29.2 Å². The second kappa shape index (κ2) is 6.57. The van der Waals surface area contributed by atoms with Gasteiger partial charge in [-0.15, -0.1) is 11.3 Å². The zero-order valence-corrected chi connectivity index (χ0v) is 12.2. The molecule has 0 N–H and O–H groups in total. The van der Waals surface area contributed by atoms with Crippen molar-refractivity contribution in [1.82, 2.24) is 4.90 Å². The van der Waals surface area contributed by atoms with Crippen LogP contribution in [0.25, 0.3) is 0 Å².